The monoisotopic (exact) mass is 289 g/mol. The Hall–Kier alpha value is -2.40. The first-order chi connectivity index (χ1) is 9.65. The van der Waals surface area contributed by atoms with Crippen molar-refractivity contribution >= 4 is 34.2 Å². The second kappa shape index (κ2) is 4.94. The Morgan fingerprint density at radius 2 is 2.05 bits per heavy atom. The van der Waals surface area contributed by atoms with Crippen LogP contribution < -0.4 is 5.32 Å². The van der Waals surface area contributed by atoms with Crippen molar-refractivity contribution < 1.29 is 9.18 Å². The quantitative estimate of drug-likeness (QED) is 0.757. The number of halogens is 2. The van der Waals surface area contributed by atoms with Gasteiger partial charge in [-0.1, -0.05) is 23.7 Å². The van der Waals surface area contributed by atoms with Crippen LogP contribution in [-0.4, -0.2) is 16.1 Å². The molecule has 1 aromatic heterocycles. The highest BCUT2D eigenvalue weighted by Crippen LogP contribution is 2.22. The fourth-order valence-corrected chi connectivity index (χ4v) is 2.16. The maximum absolute atomic E-state index is 13.0. The minimum atomic E-state index is -0.489. The molecule has 0 unspecified atom stereocenters. The van der Waals surface area contributed by atoms with E-state index in [-0.39, 0.29) is 10.6 Å². The maximum atomic E-state index is 13.0. The molecular formula is C14H9ClFN3O. The lowest BCUT2D eigenvalue weighted by Crippen LogP contribution is -2.13. The van der Waals surface area contributed by atoms with E-state index in [2.05, 4.69) is 15.5 Å². The first-order valence-electron chi connectivity index (χ1n) is 5.84. The van der Waals surface area contributed by atoms with E-state index in [1.165, 1.54) is 12.1 Å². The number of rotatable bonds is 2. The molecule has 1 heterocycles. The van der Waals surface area contributed by atoms with E-state index >= 15 is 0 Å². The summed E-state index contributed by atoms with van der Waals surface area (Å²) in [6.45, 7) is 0. The molecule has 2 N–H and O–H groups in total. The van der Waals surface area contributed by atoms with Crippen molar-refractivity contribution in [2.24, 2.45) is 0 Å². The molecule has 0 atom stereocenters. The van der Waals surface area contributed by atoms with Gasteiger partial charge in [0.1, 0.15) is 5.82 Å². The Kier molecular flexibility index (Phi) is 3.12. The van der Waals surface area contributed by atoms with Gasteiger partial charge in [0.15, 0.2) is 5.82 Å². The van der Waals surface area contributed by atoms with Crippen molar-refractivity contribution in [1.82, 2.24) is 10.2 Å². The predicted octanol–water partition coefficient (Wildman–Crippen LogP) is 3.61. The first kappa shape index (κ1) is 12.6. The van der Waals surface area contributed by atoms with Gasteiger partial charge in [-0.05, 0) is 30.3 Å². The summed E-state index contributed by atoms with van der Waals surface area (Å²) in [6.07, 6.45) is 0. The van der Waals surface area contributed by atoms with Crippen molar-refractivity contribution in [3.8, 4) is 0 Å². The second-order valence-electron chi connectivity index (χ2n) is 4.20. The lowest BCUT2D eigenvalue weighted by molar-refractivity contribution is 0.102. The number of nitrogens with zero attached hydrogens (tertiary/aromatic N) is 1. The number of carbonyl (C=O) groups is 1. The molecule has 1 amide bonds. The number of hydrogen-bond acceptors (Lipinski definition) is 2. The third-order valence-electron chi connectivity index (χ3n) is 2.88. The topological polar surface area (TPSA) is 57.8 Å². The van der Waals surface area contributed by atoms with Crippen molar-refractivity contribution in [3.05, 3.63) is 58.9 Å². The number of nitrogens with one attached hydrogen (secondary N) is 2. The van der Waals surface area contributed by atoms with Crippen molar-refractivity contribution in [3.63, 3.8) is 0 Å². The zero-order chi connectivity index (χ0) is 14.1. The fourth-order valence-electron chi connectivity index (χ4n) is 1.91. The molecule has 6 heteroatoms. The van der Waals surface area contributed by atoms with Gasteiger partial charge in [-0.2, -0.15) is 5.10 Å². The number of aromatic amines is 1. The van der Waals surface area contributed by atoms with Crippen LogP contribution in [0.5, 0.6) is 0 Å². The van der Waals surface area contributed by atoms with Crippen LogP contribution in [-0.2, 0) is 0 Å². The molecule has 3 rings (SSSR count). The van der Waals surface area contributed by atoms with E-state index in [1.807, 2.05) is 24.3 Å². The number of H-pyrrole nitrogens is 1. The number of para-hydroxylation sites is 1. The predicted molar refractivity (Wildman–Crippen MR) is 75.5 cm³/mol. The van der Waals surface area contributed by atoms with Crippen LogP contribution in [0.1, 0.15) is 10.4 Å². The van der Waals surface area contributed by atoms with Crippen molar-refractivity contribution in [2.45, 2.75) is 0 Å². The van der Waals surface area contributed by atoms with Gasteiger partial charge in [-0.15, -0.1) is 0 Å². The minimum absolute atomic E-state index is 0.0577. The Morgan fingerprint density at radius 1 is 1.25 bits per heavy atom. The normalized spacial score (nSPS) is 10.7. The van der Waals surface area contributed by atoms with E-state index < -0.39 is 11.7 Å². The molecule has 0 aliphatic heterocycles. The SMILES string of the molecule is O=C(Nc1n[nH]c2ccccc12)c1ccc(F)cc1Cl. The molecule has 0 fully saturated rings. The Labute approximate surface area is 118 Å². The van der Waals surface area contributed by atoms with Crippen LogP contribution in [0, 0.1) is 5.82 Å². The average Bonchev–Trinajstić information content (AvgIpc) is 2.82. The molecule has 2 aromatic carbocycles. The standard InChI is InChI=1S/C14H9ClFN3O/c15-11-7-8(16)5-6-9(11)14(20)17-13-10-3-1-2-4-12(10)18-19-13/h1-7H,(H2,17,18,19,20). The number of hydrogen-bond donors (Lipinski definition) is 2. The van der Waals surface area contributed by atoms with Crippen LogP contribution in [0.3, 0.4) is 0 Å². The molecular weight excluding hydrogens is 281 g/mol. The summed E-state index contributed by atoms with van der Waals surface area (Å²) < 4.78 is 13.0. The van der Waals surface area contributed by atoms with Gasteiger partial charge in [0.2, 0.25) is 0 Å². The van der Waals surface area contributed by atoms with Gasteiger partial charge in [0, 0.05) is 5.39 Å². The van der Waals surface area contributed by atoms with Crippen LogP contribution in [0.4, 0.5) is 10.2 Å². The van der Waals surface area contributed by atoms with Gasteiger partial charge in [-0.25, -0.2) is 4.39 Å². The molecule has 100 valence electrons. The van der Waals surface area contributed by atoms with E-state index in [9.17, 15) is 9.18 Å². The number of benzene rings is 2. The lowest BCUT2D eigenvalue weighted by Gasteiger charge is -2.04. The Balaban J connectivity index is 1.92. The molecule has 0 saturated carbocycles. The molecule has 0 bridgehead atoms. The van der Waals surface area contributed by atoms with E-state index in [0.29, 0.717) is 5.82 Å². The summed E-state index contributed by atoms with van der Waals surface area (Å²) in [7, 11) is 0. The van der Waals surface area contributed by atoms with E-state index in [4.69, 9.17) is 11.6 Å². The van der Waals surface area contributed by atoms with Crippen molar-refractivity contribution in [2.75, 3.05) is 5.32 Å². The molecule has 0 spiro atoms. The highest BCUT2D eigenvalue weighted by molar-refractivity contribution is 6.34. The fraction of sp³-hybridized carbons (Fsp3) is 0. The average molecular weight is 290 g/mol. The maximum Gasteiger partial charge on any atom is 0.258 e. The Bertz CT molecular complexity index is 800. The van der Waals surface area contributed by atoms with Crippen LogP contribution in [0.2, 0.25) is 5.02 Å². The summed E-state index contributed by atoms with van der Waals surface area (Å²) in [5, 5.41) is 10.3. The van der Waals surface area contributed by atoms with Crippen LogP contribution in [0.25, 0.3) is 10.9 Å². The Morgan fingerprint density at radius 3 is 2.85 bits per heavy atom. The van der Waals surface area contributed by atoms with Crippen LogP contribution in [0.15, 0.2) is 42.5 Å². The minimum Gasteiger partial charge on any atom is -0.305 e. The van der Waals surface area contributed by atoms with Gasteiger partial charge in [0.05, 0.1) is 16.1 Å². The number of fused-ring (bicyclic) bond motifs is 1. The molecule has 4 nitrogen and oxygen atoms in total. The summed E-state index contributed by atoms with van der Waals surface area (Å²) in [6, 6.07) is 11.0. The molecule has 0 aliphatic rings. The number of anilines is 1. The second-order valence-corrected chi connectivity index (χ2v) is 4.60. The highest BCUT2D eigenvalue weighted by atomic mass is 35.5. The molecule has 0 aliphatic carbocycles. The van der Waals surface area contributed by atoms with Gasteiger partial charge < -0.3 is 5.32 Å². The number of amides is 1. The molecule has 0 radical (unpaired) electrons. The molecule has 0 saturated heterocycles. The van der Waals surface area contributed by atoms with Crippen molar-refractivity contribution in [1.29, 1.82) is 0 Å². The lowest BCUT2D eigenvalue weighted by atomic mass is 10.2. The molecule has 20 heavy (non-hydrogen) atoms. The summed E-state index contributed by atoms with van der Waals surface area (Å²) in [5.41, 5.74) is 1.01. The zero-order valence-corrected chi connectivity index (χ0v) is 10.9. The third-order valence-corrected chi connectivity index (χ3v) is 3.19. The van der Waals surface area contributed by atoms with Gasteiger partial charge >= 0.3 is 0 Å². The third kappa shape index (κ3) is 2.23. The highest BCUT2D eigenvalue weighted by Gasteiger charge is 2.14. The summed E-state index contributed by atoms with van der Waals surface area (Å²) >= 11 is 5.85. The molecule has 3 aromatic rings. The smallest absolute Gasteiger partial charge is 0.258 e. The van der Waals surface area contributed by atoms with Gasteiger partial charge in [0.25, 0.3) is 5.91 Å². The zero-order valence-electron chi connectivity index (χ0n) is 10.2. The first-order valence-corrected chi connectivity index (χ1v) is 6.22. The van der Waals surface area contributed by atoms with Crippen LogP contribution >= 0.6 is 11.6 Å². The summed E-state index contributed by atoms with van der Waals surface area (Å²) in [4.78, 5) is 12.1. The largest absolute Gasteiger partial charge is 0.305 e. The van der Waals surface area contributed by atoms with Gasteiger partial charge in [-0.3, -0.25) is 9.89 Å². The number of aromatic nitrogens is 2. The van der Waals surface area contributed by atoms with E-state index in [1.54, 1.807) is 0 Å². The van der Waals surface area contributed by atoms with E-state index in [0.717, 1.165) is 17.0 Å². The number of carbonyl (C=O) groups excluding carboxylic acids is 1. The summed E-state index contributed by atoms with van der Waals surface area (Å²) in [5.74, 6) is -0.519.